The molecule has 316 valence electrons. The van der Waals surface area contributed by atoms with Crippen molar-refractivity contribution >= 4 is 53.1 Å². The Morgan fingerprint density at radius 1 is 0.932 bits per heavy atom. The van der Waals surface area contributed by atoms with Crippen molar-refractivity contribution in [3.05, 3.63) is 88.6 Å². The molecule has 4 aromatic rings. The van der Waals surface area contributed by atoms with Crippen LogP contribution in [0.5, 0.6) is 5.88 Å². The Morgan fingerprint density at radius 3 is 2.20 bits per heavy atom. The van der Waals surface area contributed by atoms with Gasteiger partial charge in [-0.05, 0) is 49.8 Å². The normalized spacial score (nSPS) is 12.4. The molecular weight excluding hydrogens is 768 g/mol. The molecule has 0 fully saturated rings. The highest BCUT2D eigenvalue weighted by molar-refractivity contribution is 6.03. The number of anilines is 1. The molecule has 0 aliphatic carbocycles. The number of fused-ring (bicyclic) bond motifs is 1. The number of aldehydes is 2. The van der Waals surface area contributed by atoms with Crippen LogP contribution in [-0.2, 0) is 28.5 Å². The number of ether oxygens (including phenoxy) is 5. The smallest absolute Gasteiger partial charge is 0.255 e. The molecule has 14 nitrogen and oxygen atoms in total. The summed E-state index contributed by atoms with van der Waals surface area (Å²) < 4.78 is 58.0. The second kappa shape index (κ2) is 24.2. The molecule has 0 saturated heterocycles. The van der Waals surface area contributed by atoms with Crippen molar-refractivity contribution in [1.82, 2.24) is 20.2 Å². The largest absolute Gasteiger partial charge is 0.475 e. The van der Waals surface area contributed by atoms with Crippen molar-refractivity contribution in [2.24, 2.45) is 0 Å². The van der Waals surface area contributed by atoms with E-state index >= 15 is 8.78 Å². The number of aromatic nitrogens is 2. The number of H-pyrrole nitrogens is 1. The van der Waals surface area contributed by atoms with E-state index in [0.29, 0.717) is 105 Å². The summed E-state index contributed by atoms with van der Waals surface area (Å²) in [4.78, 5) is 56.6. The van der Waals surface area contributed by atoms with Crippen molar-refractivity contribution in [2.75, 3.05) is 85.4 Å². The number of nitrogens with one attached hydrogen (secondary N) is 3. The Hall–Kier alpha value is -5.81. The average Bonchev–Trinajstić information content (AvgIpc) is 3.61. The lowest BCUT2D eigenvalue weighted by molar-refractivity contribution is -0.125. The van der Waals surface area contributed by atoms with E-state index in [1.165, 1.54) is 31.3 Å². The van der Waals surface area contributed by atoms with Crippen molar-refractivity contribution in [1.29, 1.82) is 0 Å². The van der Waals surface area contributed by atoms with Gasteiger partial charge in [0, 0.05) is 77.7 Å². The minimum atomic E-state index is -0.957. The number of carbonyl (C=O) groups excluding carboxylic acids is 4. The van der Waals surface area contributed by atoms with Gasteiger partial charge in [-0.25, -0.2) is 13.8 Å². The standard InChI is InChI=1S/C43H51F2N5O9/c1-5-8-35-32(6-2)39-36(49-35)26-34(40(44)41(39)45)29-10-13-38(48-27-29)59-24-23-58-22-21-57-20-19-56-18-17-55-16-14-47-31-11-12-33(30(25-31)28-52)43(54)50(4)37(9-7-15-51)42(53)46-3/h5-6,8,10-13,15,25-28,37,47,49H,1,7,9,14,16-24H2,2-4H3,(H,46,53)/b32-6+,35-8+. The molecule has 59 heavy (non-hydrogen) atoms. The molecule has 16 heteroatoms. The van der Waals surface area contributed by atoms with Crippen LogP contribution < -0.4 is 25.9 Å². The van der Waals surface area contributed by atoms with Crippen molar-refractivity contribution in [2.45, 2.75) is 25.8 Å². The van der Waals surface area contributed by atoms with Crippen molar-refractivity contribution in [3.8, 4) is 17.0 Å². The zero-order chi connectivity index (χ0) is 42.6. The summed E-state index contributed by atoms with van der Waals surface area (Å²) in [7, 11) is 2.91. The first-order valence-electron chi connectivity index (χ1n) is 19.1. The number of hydrogen-bond acceptors (Lipinski definition) is 11. The zero-order valence-corrected chi connectivity index (χ0v) is 33.5. The Labute approximate surface area is 341 Å². The summed E-state index contributed by atoms with van der Waals surface area (Å²) in [6, 6.07) is 8.65. The van der Waals surface area contributed by atoms with Crippen LogP contribution in [0.25, 0.3) is 34.2 Å². The van der Waals surface area contributed by atoms with E-state index in [1.54, 1.807) is 55.5 Å². The number of amides is 2. The van der Waals surface area contributed by atoms with Gasteiger partial charge in [0.15, 0.2) is 17.9 Å². The van der Waals surface area contributed by atoms with Crippen LogP contribution in [0.3, 0.4) is 0 Å². The number of halogens is 2. The van der Waals surface area contributed by atoms with Crippen LogP contribution in [0.4, 0.5) is 14.5 Å². The number of rotatable bonds is 26. The van der Waals surface area contributed by atoms with Gasteiger partial charge in [0.25, 0.3) is 5.91 Å². The van der Waals surface area contributed by atoms with Gasteiger partial charge in [-0.1, -0.05) is 18.7 Å². The summed E-state index contributed by atoms with van der Waals surface area (Å²) in [6.07, 6.45) is 7.98. The van der Waals surface area contributed by atoms with Crippen LogP contribution in [0.1, 0.15) is 40.5 Å². The van der Waals surface area contributed by atoms with Gasteiger partial charge in [0.1, 0.15) is 18.9 Å². The first-order valence-corrected chi connectivity index (χ1v) is 19.1. The second-order valence-electron chi connectivity index (χ2n) is 12.9. The maximum absolute atomic E-state index is 15.1. The molecule has 4 rings (SSSR count). The van der Waals surface area contributed by atoms with E-state index in [9.17, 15) is 19.2 Å². The third-order valence-corrected chi connectivity index (χ3v) is 9.13. The highest BCUT2D eigenvalue weighted by atomic mass is 19.2. The number of likely N-dealkylation sites (N-methyl/N-ethyl adjacent to an activating group) is 2. The van der Waals surface area contributed by atoms with E-state index in [-0.39, 0.29) is 41.5 Å². The molecule has 3 N–H and O–H groups in total. The lowest BCUT2D eigenvalue weighted by atomic mass is 10.0. The molecule has 1 atom stereocenters. The summed E-state index contributed by atoms with van der Waals surface area (Å²) in [5.74, 6) is -2.48. The quantitative estimate of drug-likeness (QED) is 0.0622. The van der Waals surface area contributed by atoms with E-state index in [2.05, 4.69) is 27.2 Å². The minimum absolute atomic E-state index is 0.0811. The summed E-state index contributed by atoms with van der Waals surface area (Å²) in [5.41, 5.74) is 1.88. The molecule has 0 radical (unpaired) electrons. The number of nitrogens with zero attached hydrogens (tertiary/aromatic N) is 2. The van der Waals surface area contributed by atoms with Crippen LogP contribution in [0.15, 0.2) is 55.3 Å². The highest BCUT2D eigenvalue weighted by Crippen LogP contribution is 2.29. The van der Waals surface area contributed by atoms with Gasteiger partial charge in [0.2, 0.25) is 11.8 Å². The van der Waals surface area contributed by atoms with Gasteiger partial charge in [-0.3, -0.25) is 14.4 Å². The van der Waals surface area contributed by atoms with Crippen LogP contribution in [0.2, 0.25) is 0 Å². The number of benzene rings is 2. The van der Waals surface area contributed by atoms with Gasteiger partial charge in [-0.2, -0.15) is 0 Å². The Balaban J connectivity index is 1.03. The van der Waals surface area contributed by atoms with Gasteiger partial charge in [-0.15, -0.1) is 0 Å². The lowest BCUT2D eigenvalue weighted by Gasteiger charge is -2.27. The first-order chi connectivity index (χ1) is 28.7. The van der Waals surface area contributed by atoms with Gasteiger partial charge < -0.3 is 49.0 Å². The molecule has 2 amide bonds. The number of hydrogen-bond donors (Lipinski definition) is 3. The maximum atomic E-state index is 15.1. The fourth-order valence-corrected chi connectivity index (χ4v) is 6.14. The summed E-state index contributed by atoms with van der Waals surface area (Å²) in [5, 5.41) is 7.04. The number of allylic oxidation sites excluding steroid dienone is 1. The molecule has 0 aliphatic rings. The molecule has 0 spiro atoms. The van der Waals surface area contributed by atoms with E-state index < -0.39 is 29.5 Å². The molecule has 0 saturated carbocycles. The highest BCUT2D eigenvalue weighted by Gasteiger charge is 2.28. The van der Waals surface area contributed by atoms with Crippen molar-refractivity contribution < 1.29 is 51.6 Å². The topological polar surface area (TPSA) is 170 Å². The fourth-order valence-electron chi connectivity index (χ4n) is 6.14. The third-order valence-electron chi connectivity index (χ3n) is 9.13. The maximum Gasteiger partial charge on any atom is 0.255 e. The zero-order valence-electron chi connectivity index (χ0n) is 33.5. The molecule has 0 aliphatic heterocycles. The van der Waals surface area contributed by atoms with Crippen LogP contribution >= 0.6 is 0 Å². The number of aromatic amines is 1. The minimum Gasteiger partial charge on any atom is -0.475 e. The second-order valence-corrected chi connectivity index (χ2v) is 12.9. The monoisotopic (exact) mass is 819 g/mol. The van der Waals surface area contributed by atoms with E-state index in [0.717, 1.165) is 0 Å². The molecule has 2 heterocycles. The molecule has 0 bridgehead atoms. The lowest BCUT2D eigenvalue weighted by Crippen LogP contribution is -2.47. The average molecular weight is 820 g/mol. The fraction of sp³-hybridized carbons (Fsp3) is 0.372. The molecular formula is C43H51F2N5O9. The predicted molar refractivity (Wildman–Crippen MR) is 220 cm³/mol. The Kier molecular flexibility index (Phi) is 18.8. The SMILES string of the molecule is C=C/C=c1/[nH]c2cc(-c3ccc(OCCOCCOCCOCCOCCNc4ccc(C(=O)N(C)C(CCC=O)C(=O)NC)c(C=O)c4)nc3)c(F)c(F)c2/c1=C/C. The van der Waals surface area contributed by atoms with Crippen molar-refractivity contribution in [3.63, 3.8) is 0 Å². The van der Waals surface area contributed by atoms with Crippen LogP contribution in [-0.4, -0.2) is 125 Å². The van der Waals surface area contributed by atoms with Crippen LogP contribution in [0, 0.1) is 11.6 Å². The number of pyridine rings is 1. The molecule has 1 unspecified atom stereocenters. The Bertz CT molecular complexity index is 2160. The first kappa shape index (κ1) is 45.9. The van der Waals surface area contributed by atoms with E-state index in [1.807, 2.05) is 0 Å². The Morgan fingerprint density at radius 2 is 1.61 bits per heavy atom. The number of carbonyl (C=O) groups is 4. The van der Waals surface area contributed by atoms with Gasteiger partial charge >= 0.3 is 0 Å². The summed E-state index contributed by atoms with van der Waals surface area (Å²) >= 11 is 0. The molecule has 2 aromatic heterocycles. The van der Waals surface area contributed by atoms with Gasteiger partial charge in [0.05, 0.1) is 63.9 Å². The summed E-state index contributed by atoms with van der Waals surface area (Å²) in [6.45, 7) is 9.01. The van der Waals surface area contributed by atoms with E-state index in [4.69, 9.17) is 23.7 Å². The molecule has 2 aromatic carbocycles. The predicted octanol–water partition coefficient (Wildman–Crippen LogP) is 3.81. The third kappa shape index (κ3) is 12.8.